The fourth-order valence-electron chi connectivity index (χ4n) is 4.92. The zero-order valence-corrected chi connectivity index (χ0v) is 24.6. The first-order valence-corrected chi connectivity index (χ1v) is 12.9. The topological polar surface area (TPSA) is 35.0 Å². The molecule has 0 saturated carbocycles. The van der Waals surface area contributed by atoms with E-state index in [2.05, 4.69) is 72.3 Å². The first-order chi connectivity index (χ1) is 19.2. The minimum atomic E-state index is 0. The Hall–Kier alpha value is -4.37. The summed E-state index contributed by atoms with van der Waals surface area (Å²) >= 11 is 0. The molecule has 1 radical (unpaired) electrons. The average Bonchev–Trinajstić information content (AvgIpc) is 3.13. The number of aromatic nitrogens is 2. The smallest absolute Gasteiger partial charge is 0.132 e. The average molecular weight is 695 g/mol. The standard InChI is InChI=1S/C23H14NO.C13H12N.Ir/c1-2-10-18-16(8-1)17-9-3-4-13-21(17)25-22-14-7-11-19(23(18)22)20-12-5-6-15-24-20;1-10-8-11(2)13(14-9-10)12-6-4-3-5-7-12;/h1-10,12-15H;3-6,8-9H,1-2H3;/q2*-1;. The van der Waals surface area contributed by atoms with Gasteiger partial charge in [-0.05, 0) is 54.1 Å². The third-order valence-electron chi connectivity index (χ3n) is 6.65. The summed E-state index contributed by atoms with van der Waals surface area (Å²) in [6.07, 6.45) is 3.70. The molecule has 0 aliphatic carbocycles. The zero-order chi connectivity index (χ0) is 26.6. The molecular weight excluding hydrogens is 669 g/mol. The van der Waals surface area contributed by atoms with Gasteiger partial charge in [0.15, 0.2) is 0 Å². The van der Waals surface area contributed by atoms with Crippen LogP contribution in [0.25, 0.3) is 44.8 Å². The van der Waals surface area contributed by atoms with E-state index in [4.69, 9.17) is 4.74 Å². The molecule has 0 amide bonds. The fraction of sp³-hybridized carbons (Fsp3) is 0.0556. The van der Waals surface area contributed by atoms with E-state index >= 15 is 0 Å². The van der Waals surface area contributed by atoms with Crippen LogP contribution in [0, 0.1) is 26.0 Å². The van der Waals surface area contributed by atoms with Crippen LogP contribution in [0.1, 0.15) is 11.1 Å². The third kappa shape index (κ3) is 5.51. The predicted molar refractivity (Wildman–Crippen MR) is 157 cm³/mol. The Balaban J connectivity index is 0.000000184. The van der Waals surface area contributed by atoms with Gasteiger partial charge in [-0.1, -0.05) is 77.9 Å². The Bertz CT molecular complexity index is 1750. The normalized spacial score (nSPS) is 10.8. The summed E-state index contributed by atoms with van der Waals surface area (Å²) < 4.78 is 6.30. The van der Waals surface area contributed by atoms with E-state index < -0.39 is 0 Å². The second kappa shape index (κ2) is 12.2. The predicted octanol–water partition coefficient (Wildman–Crippen LogP) is 9.15. The minimum absolute atomic E-state index is 0. The second-order valence-corrected chi connectivity index (χ2v) is 9.41. The molecule has 4 aromatic carbocycles. The van der Waals surface area contributed by atoms with E-state index in [0.717, 1.165) is 56.3 Å². The second-order valence-electron chi connectivity index (χ2n) is 9.41. The molecule has 1 aliphatic rings. The monoisotopic (exact) mass is 695 g/mol. The van der Waals surface area contributed by atoms with E-state index in [1.165, 1.54) is 11.1 Å². The van der Waals surface area contributed by atoms with E-state index in [1.807, 2.05) is 79.0 Å². The van der Waals surface area contributed by atoms with Gasteiger partial charge in [-0.3, -0.25) is 0 Å². The molecular formula is C36H26IrN2O-2. The van der Waals surface area contributed by atoms with Crippen LogP contribution in [-0.4, -0.2) is 9.97 Å². The molecule has 0 unspecified atom stereocenters. The van der Waals surface area contributed by atoms with Gasteiger partial charge in [0, 0.05) is 38.1 Å². The number of aryl methyl sites for hydroxylation is 2. The summed E-state index contributed by atoms with van der Waals surface area (Å²) in [6, 6.07) is 43.0. The molecule has 3 nitrogen and oxygen atoms in total. The summed E-state index contributed by atoms with van der Waals surface area (Å²) in [7, 11) is 0. The molecule has 0 atom stereocenters. The van der Waals surface area contributed by atoms with Crippen LogP contribution in [0.5, 0.6) is 11.5 Å². The van der Waals surface area contributed by atoms with Gasteiger partial charge in [-0.15, -0.1) is 53.6 Å². The van der Waals surface area contributed by atoms with Crippen molar-refractivity contribution in [2.24, 2.45) is 0 Å². The Morgan fingerprint density at radius 2 is 1.40 bits per heavy atom. The van der Waals surface area contributed by atoms with Crippen LogP contribution in [-0.2, 0) is 20.1 Å². The summed E-state index contributed by atoms with van der Waals surface area (Å²) in [5.41, 5.74) is 10.8. The van der Waals surface area contributed by atoms with Gasteiger partial charge in [0.25, 0.3) is 0 Å². The molecule has 2 aromatic heterocycles. The van der Waals surface area contributed by atoms with Crippen molar-refractivity contribution < 1.29 is 24.8 Å². The maximum atomic E-state index is 6.30. The number of fused-ring (bicyclic) bond motifs is 5. The SMILES string of the molecule is Cc1cnc(-c2[c-]cccc2)c(C)c1.[Ir].[c-]1ccc2c(c1-c1ccccn1)-c1ccccc1-c1ccccc1O2. The number of nitrogens with zero attached hydrogens (tertiary/aromatic N) is 2. The Morgan fingerprint density at radius 1 is 0.650 bits per heavy atom. The van der Waals surface area contributed by atoms with E-state index in [1.54, 1.807) is 6.20 Å². The number of pyridine rings is 2. The first kappa shape index (κ1) is 27.2. The van der Waals surface area contributed by atoms with Crippen LogP contribution >= 0.6 is 0 Å². The summed E-state index contributed by atoms with van der Waals surface area (Å²) in [5, 5.41) is 0. The van der Waals surface area contributed by atoms with Crippen molar-refractivity contribution in [3.63, 3.8) is 0 Å². The van der Waals surface area contributed by atoms with Gasteiger partial charge in [-0.2, -0.15) is 0 Å². The molecule has 0 bridgehead atoms. The van der Waals surface area contributed by atoms with Crippen LogP contribution < -0.4 is 4.74 Å². The molecule has 6 aromatic rings. The number of ether oxygens (including phenoxy) is 1. The largest absolute Gasteiger partial charge is 0.476 e. The zero-order valence-electron chi connectivity index (χ0n) is 22.2. The van der Waals surface area contributed by atoms with Crippen molar-refractivity contribution in [2.45, 2.75) is 13.8 Å². The molecule has 4 heteroatoms. The van der Waals surface area contributed by atoms with Crippen LogP contribution in [0.2, 0.25) is 0 Å². The van der Waals surface area contributed by atoms with E-state index in [0.29, 0.717) is 0 Å². The molecule has 197 valence electrons. The van der Waals surface area contributed by atoms with Crippen LogP contribution in [0.4, 0.5) is 0 Å². The number of rotatable bonds is 2. The van der Waals surface area contributed by atoms with E-state index in [-0.39, 0.29) is 20.1 Å². The summed E-state index contributed by atoms with van der Waals surface area (Å²) in [4.78, 5) is 8.94. The van der Waals surface area contributed by atoms with Crippen molar-refractivity contribution in [3.8, 4) is 56.3 Å². The molecule has 3 heterocycles. The van der Waals surface area contributed by atoms with Gasteiger partial charge in [-0.25, -0.2) is 0 Å². The van der Waals surface area contributed by atoms with Gasteiger partial charge < -0.3 is 14.7 Å². The Labute approximate surface area is 248 Å². The summed E-state index contributed by atoms with van der Waals surface area (Å²) in [6.45, 7) is 4.13. The van der Waals surface area contributed by atoms with Gasteiger partial charge >= 0.3 is 0 Å². The first-order valence-electron chi connectivity index (χ1n) is 12.9. The van der Waals surface area contributed by atoms with Gasteiger partial charge in [0.2, 0.25) is 0 Å². The number of hydrogen-bond donors (Lipinski definition) is 0. The van der Waals surface area contributed by atoms with Crippen LogP contribution in [0.15, 0.2) is 122 Å². The Kier molecular flexibility index (Phi) is 8.31. The van der Waals surface area contributed by atoms with Gasteiger partial charge in [0.05, 0.1) is 5.75 Å². The quantitative estimate of drug-likeness (QED) is 0.169. The maximum Gasteiger partial charge on any atom is 0.132 e. The molecule has 7 rings (SSSR count). The van der Waals surface area contributed by atoms with Gasteiger partial charge in [0.1, 0.15) is 5.75 Å². The number of para-hydroxylation sites is 1. The summed E-state index contributed by atoms with van der Waals surface area (Å²) in [5.74, 6) is 1.70. The molecule has 0 saturated heterocycles. The van der Waals surface area contributed by atoms with Crippen molar-refractivity contribution in [3.05, 3.63) is 145 Å². The Morgan fingerprint density at radius 3 is 2.15 bits per heavy atom. The van der Waals surface area contributed by atoms with Crippen LogP contribution in [0.3, 0.4) is 0 Å². The van der Waals surface area contributed by atoms with Crippen molar-refractivity contribution >= 4 is 0 Å². The molecule has 0 N–H and O–H groups in total. The number of hydrogen-bond acceptors (Lipinski definition) is 3. The van der Waals surface area contributed by atoms with Crippen molar-refractivity contribution in [1.29, 1.82) is 0 Å². The molecule has 0 fully saturated rings. The number of benzene rings is 4. The molecule has 0 spiro atoms. The van der Waals surface area contributed by atoms with Crippen molar-refractivity contribution in [2.75, 3.05) is 0 Å². The molecule has 1 aliphatic heterocycles. The minimum Gasteiger partial charge on any atom is -0.476 e. The van der Waals surface area contributed by atoms with Crippen molar-refractivity contribution in [1.82, 2.24) is 9.97 Å². The molecule has 40 heavy (non-hydrogen) atoms. The maximum absolute atomic E-state index is 6.30. The fourth-order valence-corrected chi connectivity index (χ4v) is 4.92. The van der Waals surface area contributed by atoms with E-state index in [9.17, 15) is 0 Å². The third-order valence-corrected chi connectivity index (χ3v) is 6.65.